The first-order chi connectivity index (χ1) is 7.70. The molecule has 0 aromatic heterocycles. The van der Waals surface area contributed by atoms with Crippen molar-refractivity contribution in [2.75, 3.05) is 5.73 Å². The summed E-state index contributed by atoms with van der Waals surface area (Å²) in [4.78, 5) is 12.1. The van der Waals surface area contributed by atoms with Crippen molar-refractivity contribution in [1.82, 2.24) is 0 Å². The number of anilines is 1. The Labute approximate surface area is 97.7 Å². The Kier molecular flexibility index (Phi) is 1.82. The molecule has 1 aliphatic rings. The van der Waals surface area contributed by atoms with E-state index < -0.39 is 0 Å². The third-order valence-electron chi connectivity index (χ3n) is 2.85. The fourth-order valence-corrected chi connectivity index (χ4v) is 2.39. The van der Waals surface area contributed by atoms with E-state index in [0.717, 1.165) is 11.1 Å². The van der Waals surface area contributed by atoms with E-state index in [1.165, 1.54) is 0 Å². The van der Waals surface area contributed by atoms with Gasteiger partial charge in [-0.15, -0.1) is 0 Å². The van der Waals surface area contributed by atoms with E-state index in [0.29, 0.717) is 21.8 Å². The standard InChI is InChI=1S/C13H8ClNO/c14-9-5-6-10(15)12-11(9)7-3-1-2-4-8(7)13(12)16/h1-6H,15H2. The van der Waals surface area contributed by atoms with Crippen molar-refractivity contribution in [2.24, 2.45) is 0 Å². The monoisotopic (exact) mass is 229 g/mol. The van der Waals surface area contributed by atoms with Gasteiger partial charge in [0.05, 0.1) is 5.56 Å². The molecule has 0 saturated heterocycles. The van der Waals surface area contributed by atoms with Crippen LogP contribution in [0, 0.1) is 0 Å². The number of hydrogen-bond acceptors (Lipinski definition) is 2. The van der Waals surface area contributed by atoms with Gasteiger partial charge in [0, 0.05) is 21.8 Å². The van der Waals surface area contributed by atoms with Gasteiger partial charge >= 0.3 is 0 Å². The molecule has 3 rings (SSSR count). The van der Waals surface area contributed by atoms with Gasteiger partial charge in [-0.25, -0.2) is 0 Å². The number of rotatable bonds is 0. The molecule has 0 spiro atoms. The molecule has 0 radical (unpaired) electrons. The van der Waals surface area contributed by atoms with Gasteiger partial charge < -0.3 is 5.73 Å². The summed E-state index contributed by atoms with van der Waals surface area (Å²) >= 11 is 6.13. The van der Waals surface area contributed by atoms with Gasteiger partial charge in [-0.3, -0.25) is 4.79 Å². The number of nitrogen functional groups attached to an aromatic ring is 1. The van der Waals surface area contributed by atoms with Crippen LogP contribution in [0.4, 0.5) is 5.69 Å². The molecular formula is C13H8ClNO. The summed E-state index contributed by atoms with van der Waals surface area (Å²) in [6.45, 7) is 0. The van der Waals surface area contributed by atoms with Crippen molar-refractivity contribution >= 4 is 23.1 Å². The molecule has 0 aliphatic heterocycles. The van der Waals surface area contributed by atoms with Gasteiger partial charge in [0.2, 0.25) is 0 Å². The van der Waals surface area contributed by atoms with Gasteiger partial charge in [0.15, 0.2) is 5.78 Å². The quantitative estimate of drug-likeness (QED) is 0.602. The van der Waals surface area contributed by atoms with Crippen LogP contribution in [0.2, 0.25) is 5.02 Å². The smallest absolute Gasteiger partial charge is 0.196 e. The lowest BCUT2D eigenvalue weighted by Crippen LogP contribution is -2.00. The van der Waals surface area contributed by atoms with Crippen LogP contribution in [0.3, 0.4) is 0 Å². The zero-order valence-electron chi connectivity index (χ0n) is 8.33. The Morgan fingerprint density at radius 1 is 0.938 bits per heavy atom. The minimum atomic E-state index is -0.0365. The number of ketones is 1. The van der Waals surface area contributed by atoms with Crippen molar-refractivity contribution in [3.63, 3.8) is 0 Å². The molecule has 16 heavy (non-hydrogen) atoms. The number of benzene rings is 2. The number of hydrogen-bond donors (Lipinski definition) is 1. The summed E-state index contributed by atoms with van der Waals surface area (Å²) < 4.78 is 0. The molecule has 0 saturated carbocycles. The first-order valence-electron chi connectivity index (χ1n) is 4.92. The lowest BCUT2D eigenvalue weighted by molar-refractivity contribution is 0.104. The van der Waals surface area contributed by atoms with Gasteiger partial charge in [-0.05, 0) is 17.7 Å². The van der Waals surface area contributed by atoms with Gasteiger partial charge in [-0.2, -0.15) is 0 Å². The Bertz CT molecular complexity index is 619. The third kappa shape index (κ3) is 1.05. The van der Waals surface area contributed by atoms with Crippen molar-refractivity contribution in [3.05, 3.63) is 52.5 Å². The lowest BCUT2D eigenvalue weighted by Gasteiger charge is -2.04. The Hall–Kier alpha value is -1.80. The van der Waals surface area contributed by atoms with E-state index in [2.05, 4.69) is 0 Å². The van der Waals surface area contributed by atoms with Crippen molar-refractivity contribution < 1.29 is 4.79 Å². The Morgan fingerprint density at radius 2 is 1.62 bits per heavy atom. The number of carbonyl (C=O) groups excluding carboxylic acids is 1. The van der Waals surface area contributed by atoms with Crippen molar-refractivity contribution in [3.8, 4) is 11.1 Å². The molecule has 0 heterocycles. The predicted molar refractivity (Wildman–Crippen MR) is 64.7 cm³/mol. The van der Waals surface area contributed by atoms with E-state index >= 15 is 0 Å². The van der Waals surface area contributed by atoms with Crippen LogP contribution in [-0.2, 0) is 0 Å². The van der Waals surface area contributed by atoms with E-state index in [1.54, 1.807) is 18.2 Å². The molecule has 0 atom stereocenters. The molecule has 1 aliphatic carbocycles. The van der Waals surface area contributed by atoms with Crippen LogP contribution in [0.5, 0.6) is 0 Å². The summed E-state index contributed by atoms with van der Waals surface area (Å²) in [7, 11) is 0. The largest absolute Gasteiger partial charge is 0.398 e. The maximum atomic E-state index is 12.1. The van der Waals surface area contributed by atoms with Crippen molar-refractivity contribution in [2.45, 2.75) is 0 Å². The maximum Gasteiger partial charge on any atom is 0.196 e. The number of fused-ring (bicyclic) bond motifs is 3. The molecule has 2 nitrogen and oxygen atoms in total. The second kappa shape index (κ2) is 3.09. The zero-order valence-corrected chi connectivity index (χ0v) is 9.08. The molecule has 0 unspecified atom stereocenters. The fraction of sp³-hybridized carbons (Fsp3) is 0. The molecule has 0 bridgehead atoms. The topological polar surface area (TPSA) is 43.1 Å². The molecule has 0 fully saturated rings. The molecular weight excluding hydrogens is 222 g/mol. The van der Waals surface area contributed by atoms with Crippen LogP contribution in [-0.4, -0.2) is 5.78 Å². The fourth-order valence-electron chi connectivity index (χ4n) is 2.14. The maximum absolute atomic E-state index is 12.1. The van der Waals surface area contributed by atoms with Crippen LogP contribution in [0.1, 0.15) is 15.9 Å². The SMILES string of the molecule is Nc1ccc(Cl)c2c1C(=O)c1ccccc1-2. The minimum Gasteiger partial charge on any atom is -0.398 e. The second-order valence-electron chi connectivity index (χ2n) is 3.76. The van der Waals surface area contributed by atoms with Crippen molar-refractivity contribution in [1.29, 1.82) is 0 Å². The predicted octanol–water partition coefficient (Wildman–Crippen LogP) is 3.13. The summed E-state index contributed by atoms with van der Waals surface area (Å²) in [5, 5.41) is 0.572. The summed E-state index contributed by atoms with van der Waals surface area (Å²) in [5.41, 5.74) is 9.17. The molecule has 2 N–H and O–H groups in total. The van der Waals surface area contributed by atoms with E-state index in [1.807, 2.05) is 18.2 Å². The van der Waals surface area contributed by atoms with Crippen LogP contribution in [0.25, 0.3) is 11.1 Å². The first-order valence-corrected chi connectivity index (χ1v) is 5.30. The van der Waals surface area contributed by atoms with Crippen LogP contribution in [0.15, 0.2) is 36.4 Å². The van der Waals surface area contributed by atoms with Gasteiger partial charge in [-0.1, -0.05) is 35.9 Å². The highest BCUT2D eigenvalue weighted by Crippen LogP contribution is 2.43. The number of nitrogens with two attached hydrogens (primary N) is 1. The molecule has 2 aromatic rings. The minimum absolute atomic E-state index is 0.0365. The Balaban J connectivity index is 2.47. The van der Waals surface area contributed by atoms with Gasteiger partial charge in [0.25, 0.3) is 0 Å². The zero-order chi connectivity index (χ0) is 11.3. The summed E-state index contributed by atoms with van der Waals surface area (Å²) in [6, 6.07) is 10.8. The average Bonchev–Trinajstić information content (AvgIpc) is 2.60. The molecule has 3 heteroatoms. The number of carbonyl (C=O) groups is 1. The summed E-state index contributed by atoms with van der Waals surface area (Å²) in [6.07, 6.45) is 0. The molecule has 78 valence electrons. The van der Waals surface area contributed by atoms with Gasteiger partial charge in [0.1, 0.15) is 0 Å². The number of halogens is 1. The van der Waals surface area contributed by atoms with Crippen LogP contribution < -0.4 is 5.73 Å². The molecule has 0 amide bonds. The first kappa shape index (κ1) is 9.43. The second-order valence-corrected chi connectivity index (χ2v) is 4.17. The highest BCUT2D eigenvalue weighted by atomic mass is 35.5. The summed E-state index contributed by atoms with van der Waals surface area (Å²) in [5.74, 6) is -0.0365. The lowest BCUT2D eigenvalue weighted by atomic mass is 10.1. The van der Waals surface area contributed by atoms with Crippen LogP contribution >= 0.6 is 11.6 Å². The van der Waals surface area contributed by atoms with E-state index in [4.69, 9.17) is 17.3 Å². The highest BCUT2D eigenvalue weighted by Gasteiger charge is 2.29. The Morgan fingerprint density at radius 3 is 2.38 bits per heavy atom. The molecule has 2 aromatic carbocycles. The normalized spacial score (nSPS) is 12.4. The third-order valence-corrected chi connectivity index (χ3v) is 3.17. The average molecular weight is 230 g/mol. The highest BCUT2D eigenvalue weighted by molar-refractivity contribution is 6.37. The van der Waals surface area contributed by atoms with E-state index in [9.17, 15) is 4.79 Å². The van der Waals surface area contributed by atoms with E-state index in [-0.39, 0.29) is 5.78 Å².